The highest BCUT2D eigenvalue weighted by Gasteiger charge is 2.06. The van der Waals surface area contributed by atoms with Crippen LogP contribution in [0.15, 0.2) is 53.4 Å². The molecule has 0 radical (unpaired) electrons. The van der Waals surface area contributed by atoms with Gasteiger partial charge in [-0.05, 0) is 55.9 Å². The zero-order valence-electron chi connectivity index (χ0n) is 12.9. The average Bonchev–Trinajstić information content (AvgIpc) is 2.54. The van der Waals surface area contributed by atoms with Crippen LogP contribution in [-0.2, 0) is 6.42 Å². The number of benzene rings is 2. The van der Waals surface area contributed by atoms with Gasteiger partial charge < -0.3 is 10.1 Å². The molecule has 2 rings (SSSR count). The standard InChI is InChI=1S/C18H23NOS/c1-14(19-17-6-4-5-7-18(17)21-3)8-9-15-10-12-16(20-2)13-11-15/h4-7,10-14,19H,8-9H2,1-3H3. The van der Waals surface area contributed by atoms with Gasteiger partial charge >= 0.3 is 0 Å². The van der Waals surface area contributed by atoms with Crippen molar-refractivity contribution in [3.05, 3.63) is 54.1 Å². The van der Waals surface area contributed by atoms with E-state index in [1.54, 1.807) is 18.9 Å². The first-order chi connectivity index (χ1) is 10.2. The monoisotopic (exact) mass is 301 g/mol. The van der Waals surface area contributed by atoms with Gasteiger partial charge in [-0.1, -0.05) is 24.3 Å². The van der Waals surface area contributed by atoms with Gasteiger partial charge in [0.25, 0.3) is 0 Å². The van der Waals surface area contributed by atoms with Crippen molar-refractivity contribution in [2.75, 3.05) is 18.7 Å². The first-order valence-corrected chi connectivity index (χ1v) is 8.48. The largest absolute Gasteiger partial charge is 0.497 e. The van der Waals surface area contributed by atoms with Crippen LogP contribution in [0.4, 0.5) is 5.69 Å². The van der Waals surface area contributed by atoms with E-state index in [2.05, 4.69) is 54.9 Å². The lowest BCUT2D eigenvalue weighted by atomic mass is 10.1. The second-order valence-electron chi connectivity index (χ2n) is 5.13. The van der Waals surface area contributed by atoms with E-state index >= 15 is 0 Å². The van der Waals surface area contributed by atoms with E-state index in [0.29, 0.717) is 6.04 Å². The zero-order valence-corrected chi connectivity index (χ0v) is 13.7. The fourth-order valence-electron chi connectivity index (χ4n) is 2.28. The Morgan fingerprint density at radius 2 is 1.81 bits per heavy atom. The fraction of sp³-hybridized carbons (Fsp3) is 0.333. The molecule has 1 atom stereocenters. The molecule has 2 aromatic rings. The summed E-state index contributed by atoms with van der Waals surface area (Å²) in [5.41, 5.74) is 2.58. The molecule has 0 heterocycles. The third kappa shape index (κ3) is 4.71. The molecule has 1 unspecified atom stereocenters. The fourth-order valence-corrected chi connectivity index (χ4v) is 2.84. The summed E-state index contributed by atoms with van der Waals surface area (Å²) >= 11 is 1.78. The molecule has 0 spiro atoms. The SMILES string of the molecule is COc1ccc(CCC(C)Nc2ccccc2SC)cc1. The molecule has 0 aliphatic rings. The Labute approximate surface area is 131 Å². The van der Waals surface area contributed by atoms with E-state index in [1.807, 2.05) is 12.1 Å². The van der Waals surface area contributed by atoms with E-state index in [0.717, 1.165) is 18.6 Å². The molecule has 0 saturated carbocycles. The Hall–Kier alpha value is -1.61. The van der Waals surface area contributed by atoms with Crippen molar-refractivity contribution in [1.82, 2.24) is 0 Å². The third-order valence-electron chi connectivity index (χ3n) is 3.53. The van der Waals surface area contributed by atoms with Crippen LogP contribution >= 0.6 is 11.8 Å². The molecule has 0 aromatic heterocycles. The second-order valence-corrected chi connectivity index (χ2v) is 5.98. The van der Waals surface area contributed by atoms with Crippen molar-refractivity contribution >= 4 is 17.4 Å². The number of methoxy groups -OCH3 is 1. The number of nitrogens with one attached hydrogen (secondary N) is 1. The van der Waals surface area contributed by atoms with E-state index in [4.69, 9.17) is 4.74 Å². The Kier molecular flexibility index (Phi) is 6.00. The van der Waals surface area contributed by atoms with E-state index in [1.165, 1.54) is 16.1 Å². The van der Waals surface area contributed by atoms with Crippen LogP contribution in [0, 0.1) is 0 Å². The van der Waals surface area contributed by atoms with Crippen LogP contribution in [0.5, 0.6) is 5.75 Å². The highest BCUT2D eigenvalue weighted by molar-refractivity contribution is 7.98. The summed E-state index contributed by atoms with van der Waals surface area (Å²) in [6.07, 6.45) is 4.29. The predicted octanol–water partition coefficient (Wildman–Crippen LogP) is 4.85. The smallest absolute Gasteiger partial charge is 0.118 e. The molecule has 2 nitrogen and oxygen atoms in total. The van der Waals surface area contributed by atoms with Crippen molar-refractivity contribution < 1.29 is 4.74 Å². The van der Waals surface area contributed by atoms with Gasteiger partial charge in [-0.2, -0.15) is 0 Å². The molecule has 0 saturated heterocycles. The highest BCUT2D eigenvalue weighted by atomic mass is 32.2. The topological polar surface area (TPSA) is 21.3 Å². The Balaban J connectivity index is 1.87. The molecule has 112 valence electrons. The van der Waals surface area contributed by atoms with Crippen LogP contribution in [-0.4, -0.2) is 19.4 Å². The number of thioether (sulfide) groups is 1. The summed E-state index contributed by atoms with van der Waals surface area (Å²) < 4.78 is 5.18. The predicted molar refractivity (Wildman–Crippen MR) is 92.6 cm³/mol. The molecular formula is C18H23NOS. The average molecular weight is 301 g/mol. The van der Waals surface area contributed by atoms with Crippen molar-refractivity contribution in [3.8, 4) is 5.75 Å². The number of ether oxygens (including phenoxy) is 1. The van der Waals surface area contributed by atoms with Gasteiger partial charge in [0, 0.05) is 16.6 Å². The molecule has 0 aliphatic heterocycles. The van der Waals surface area contributed by atoms with Crippen LogP contribution in [0.25, 0.3) is 0 Å². The van der Waals surface area contributed by atoms with Gasteiger partial charge in [0.15, 0.2) is 0 Å². The summed E-state index contributed by atoms with van der Waals surface area (Å²) in [7, 11) is 1.70. The maximum atomic E-state index is 5.18. The second kappa shape index (κ2) is 7.99. The Morgan fingerprint density at radius 3 is 2.48 bits per heavy atom. The van der Waals surface area contributed by atoms with Gasteiger partial charge in [0.1, 0.15) is 5.75 Å². The van der Waals surface area contributed by atoms with Crippen molar-refractivity contribution in [1.29, 1.82) is 0 Å². The molecule has 0 amide bonds. The van der Waals surface area contributed by atoms with E-state index < -0.39 is 0 Å². The first-order valence-electron chi connectivity index (χ1n) is 7.25. The minimum absolute atomic E-state index is 0.445. The molecular weight excluding hydrogens is 278 g/mol. The van der Waals surface area contributed by atoms with Crippen LogP contribution in [0.2, 0.25) is 0 Å². The highest BCUT2D eigenvalue weighted by Crippen LogP contribution is 2.25. The number of anilines is 1. The van der Waals surface area contributed by atoms with Crippen LogP contribution < -0.4 is 10.1 Å². The van der Waals surface area contributed by atoms with Crippen LogP contribution in [0.1, 0.15) is 18.9 Å². The molecule has 2 aromatic carbocycles. The maximum Gasteiger partial charge on any atom is 0.118 e. The molecule has 0 aliphatic carbocycles. The summed E-state index contributed by atoms with van der Waals surface area (Å²) in [5.74, 6) is 0.916. The Morgan fingerprint density at radius 1 is 1.10 bits per heavy atom. The molecule has 0 fully saturated rings. The quantitative estimate of drug-likeness (QED) is 0.739. The number of hydrogen-bond donors (Lipinski definition) is 1. The van der Waals surface area contributed by atoms with E-state index in [-0.39, 0.29) is 0 Å². The molecule has 1 N–H and O–H groups in total. The summed E-state index contributed by atoms with van der Waals surface area (Å²) in [4.78, 5) is 1.30. The summed E-state index contributed by atoms with van der Waals surface area (Å²) in [5, 5.41) is 3.61. The van der Waals surface area contributed by atoms with Gasteiger partial charge in [-0.25, -0.2) is 0 Å². The normalized spacial score (nSPS) is 12.0. The molecule has 3 heteroatoms. The summed E-state index contributed by atoms with van der Waals surface area (Å²) in [6.45, 7) is 2.24. The summed E-state index contributed by atoms with van der Waals surface area (Å²) in [6, 6.07) is 17.2. The number of hydrogen-bond acceptors (Lipinski definition) is 3. The lowest BCUT2D eigenvalue weighted by molar-refractivity contribution is 0.414. The van der Waals surface area contributed by atoms with Gasteiger partial charge in [-0.3, -0.25) is 0 Å². The third-order valence-corrected chi connectivity index (χ3v) is 4.33. The van der Waals surface area contributed by atoms with Gasteiger partial charge in [-0.15, -0.1) is 11.8 Å². The maximum absolute atomic E-state index is 5.18. The zero-order chi connectivity index (χ0) is 15.1. The molecule has 21 heavy (non-hydrogen) atoms. The number of aryl methyl sites for hydroxylation is 1. The first kappa shape index (κ1) is 15.8. The number of para-hydroxylation sites is 1. The van der Waals surface area contributed by atoms with Crippen molar-refractivity contribution in [2.45, 2.75) is 30.7 Å². The molecule has 0 bridgehead atoms. The lowest BCUT2D eigenvalue weighted by Crippen LogP contribution is -2.16. The van der Waals surface area contributed by atoms with E-state index in [9.17, 15) is 0 Å². The van der Waals surface area contributed by atoms with Crippen molar-refractivity contribution in [2.24, 2.45) is 0 Å². The van der Waals surface area contributed by atoms with Crippen LogP contribution in [0.3, 0.4) is 0 Å². The lowest BCUT2D eigenvalue weighted by Gasteiger charge is -2.17. The minimum Gasteiger partial charge on any atom is -0.497 e. The van der Waals surface area contributed by atoms with Crippen molar-refractivity contribution in [3.63, 3.8) is 0 Å². The minimum atomic E-state index is 0.445. The number of rotatable bonds is 7. The Bertz CT molecular complexity index is 553. The van der Waals surface area contributed by atoms with Gasteiger partial charge in [0.05, 0.1) is 7.11 Å². The van der Waals surface area contributed by atoms with Gasteiger partial charge in [0.2, 0.25) is 0 Å².